The number of hydrogen-bond donors (Lipinski definition) is 2. The molecule has 2 rings (SSSR count). The summed E-state index contributed by atoms with van der Waals surface area (Å²) in [5.74, 6) is -0.182. The second-order valence-corrected chi connectivity index (χ2v) is 5.13. The Labute approximate surface area is 125 Å². The van der Waals surface area contributed by atoms with Gasteiger partial charge in [0.15, 0.2) is 5.69 Å². The highest BCUT2D eigenvalue weighted by Gasteiger charge is 2.27. The topological polar surface area (TPSA) is 72.9 Å². The number of benzene rings is 1. The molecule has 1 aromatic carbocycles. The summed E-state index contributed by atoms with van der Waals surface area (Å²) in [5.41, 5.74) is 6.78. The van der Waals surface area contributed by atoms with Gasteiger partial charge in [-0.15, -0.1) is 0 Å². The van der Waals surface area contributed by atoms with Crippen LogP contribution >= 0.6 is 0 Å². The van der Waals surface area contributed by atoms with Crippen LogP contribution < -0.4 is 11.1 Å². The molecule has 0 unspecified atom stereocenters. The van der Waals surface area contributed by atoms with E-state index >= 15 is 0 Å². The van der Waals surface area contributed by atoms with Crippen LogP contribution in [0.3, 0.4) is 0 Å². The van der Waals surface area contributed by atoms with E-state index in [1.807, 2.05) is 44.2 Å². The van der Waals surface area contributed by atoms with E-state index in [0.29, 0.717) is 12.2 Å². The zero-order valence-corrected chi connectivity index (χ0v) is 12.5. The average molecular weight is 286 g/mol. The van der Waals surface area contributed by atoms with Gasteiger partial charge in [-0.25, -0.2) is 4.68 Å². The first kappa shape index (κ1) is 15.3. The Morgan fingerprint density at radius 2 is 1.90 bits per heavy atom. The van der Waals surface area contributed by atoms with Gasteiger partial charge in [-0.1, -0.05) is 32.0 Å². The molecule has 3 N–H and O–H groups in total. The van der Waals surface area contributed by atoms with Crippen LogP contribution in [-0.4, -0.2) is 27.8 Å². The van der Waals surface area contributed by atoms with Crippen LogP contribution in [0.15, 0.2) is 42.6 Å². The molecule has 0 spiro atoms. The first-order chi connectivity index (χ1) is 10.1. The van der Waals surface area contributed by atoms with Crippen LogP contribution in [0.5, 0.6) is 0 Å². The normalized spacial score (nSPS) is 11.4. The zero-order chi connectivity index (χ0) is 15.3. The lowest BCUT2D eigenvalue weighted by molar-refractivity contribution is 0.0889. The quantitative estimate of drug-likeness (QED) is 0.854. The smallest absolute Gasteiger partial charge is 0.272 e. The predicted octanol–water partition coefficient (Wildman–Crippen LogP) is 2.12. The van der Waals surface area contributed by atoms with E-state index in [1.165, 1.54) is 0 Å². The number of nitrogens with zero attached hydrogens (tertiary/aromatic N) is 2. The highest BCUT2D eigenvalue weighted by atomic mass is 16.2. The lowest BCUT2D eigenvalue weighted by Gasteiger charge is -2.31. The minimum atomic E-state index is -0.354. The minimum absolute atomic E-state index is 0.182. The molecule has 21 heavy (non-hydrogen) atoms. The van der Waals surface area contributed by atoms with E-state index in [1.54, 1.807) is 16.9 Å². The zero-order valence-electron chi connectivity index (χ0n) is 12.5. The van der Waals surface area contributed by atoms with Crippen molar-refractivity contribution in [2.45, 2.75) is 32.2 Å². The summed E-state index contributed by atoms with van der Waals surface area (Å²) in [6.45, 7) is 4.48. The summed E-state index contributed by atoms with van der Waals surface area (Å²) < 4.78 is 1.69. The van der Waals surface area contributed by atoms with Gasteiger partial charge < -0.3 is 11.1 Å². The number of carbonyl (C=O) groups excluding carboxylic acids is 1. The summed E-state index contributed by atoms with van der Waals surface area (Å²) >= 11 is 0. The number of aromatic nitrogens is 2. The number of nitrogens with one attached hydrogen (secondary N) is 1. The Morgan fingerprint density at radius 1 is 1.24 bits per heavy atom. The Kier molecular flexibility index (Phi) is 4.75. The molecule has 0 aliphatic heterocycles. The second-order valence-electron chi connectivity index (χ2n) is 5.13. The fraction of sp³-hybridized carbons (Fsp3) is 0.375. The summed E-state index contributed by atoms with van der Waals surface area (Å²) in [4.78, 5) is 12.3. The second kappa shape index (κ2) is 6.54. The van der Waals surface area contributed by atoms with Crippen molar-refractivity contribution in [1.29, 1.82) is 0 Å². The van der Waals surface area contributed by atoms with E-state index < -0.39 is 0 Å². The van der Waals surface area contributed by atoms with Gasteiger partial charge in [0.2, 0.25) is 0 Å². The molecule has 0 saturated carbocycles. The van der Waals surface area contributed by atoms with Crippen molar-refractivity contribution < 1.29 is 4.79 Å². The van der Waals surface area contributed by atoms with E-state index in [9.17, 15) is 4.79 Å². The molecule has 0 aliphatic rings. The maximum absolute atomic E-state index is 12.3. The van der Waals surface area contributed by atoms with Crippen molar-refractivity contribution in [3.05, 3.63) is 48.3 Å². The lowest BCUT2D eigenvalue weighted by atomic mass is 9.93. The molecule has 1 amide bonds. The molecule has 2 aromatic rings. The van der Waals surface area contributed by atoms with Crippen molar-refractivity contribution in [1.82, 2.24) is 15.1 Å². The molecule has 0 radical (unpaired) electrons. The highest BCUT2D eigenvalue weighted by molar-refractivity contribution is 5.92. The number of para-hydroxylation sites is 1. The molecule has 1 heterocycles. The number of carbonyl (C=O) groups is 1. The molecule has 5 nitrogen and oxygen atoms in total. The van der Waals surface area contributed by atoms with Gasteiger partial charge in [-0.05, 0) is 31.0 Å². The molecule has 0 fully saturated rings. The largest absolute Gasteiger partial charge is 0.344 e. The Bertz CT molecular complexity index is 579. The van der Waals surface area contributed by atoms with Crippen LogP contribution in [0, 0.1) is 0 Å². The summed E-state index contributed by atoms with van der Waals surface area (Å²) in [5, 5.41) is 7.35. The first-order valence-electron chi connectivity index (χ1n) is 7.28. The van der Waals surface area contributed by atoms with Crippen molar-refractivity contribution in [3.8, 4) is 5.69 Å². The monoisotopic (exact) mass is 286 g/mol. The van der Waals surface area contributed by atoms with Crippen molar-refractivity contribution in [2.75, 3.05) is 6.54 Å². The Hall–Kier alpha value is -2.14. The summed E-state index contributed by atoms with van der Waals surface area (Å²) in [6, 6.07) is 11.4. The third-order valence-corrected chi connectivity index (χ3v) is 3.97. The van der Waals surface area contributed by atoms with Gasteiger partial charge in [-0.3, -0.25) is 4.79 Å². The van der Waals surface area contributed by atoms with E-state index in [4.69, 9.17) is 5.73 Å². The van der Waals surface area contributed by atoms with Gasteiger partial charge in [0.1, 0.15) is 0 Å². The van der Waals surface area contributed by atoms with Crippen LogP contribution in [-0.2, 0) is 0 Å². The molecule has 1 aromatic heterocycles. The van der Waals surface area contributed by atoms with Crippen molar-refractivity contribution in [2.24, 2.45) is 5.73 Å². The number of nitrogens with two attached hydrogens (primary N) is 1. The van der Waals surface area contributed by atoms with Crippen LogP contribution in [0.2, 0.25) is 0 Å². The third kappa shape index (κ3) is 3.31. The predicted molar refractivity (Wildman–Crippen MR) is 83.4 cm³/mol. The lowest BCUT2D eigenvalue weighted by Crippen LogP contribution is -2.53. The van der Waals surface area contributed by atoms with E-state index in [-0.39, 0.29) is 11.4 Å². The fourth-order valence-corrected chi connectivity index (χ4v) is 2.24. The third-order valence-electron chi connectivity index (χ3n) is 3.97. The van der Waals surface area contributed by atoms with Gasteiger partial charge in [0.05, 0.1) is 11.2 Å². The van der Waals surface area contributed by atoms with Gasteiger partial charge in [0, 0.05) is 12.7 Å². The number of hydrogen-bond acceptors (Lipinski definition) is 3. The molecule has 5 heteroatoms. The maximum atomic E-state index is 12.3. The Balaban J connectivity index is 2.16. The highest BCUT2D eigenvalue weighted by Crippen LogP contribution is 2.14. The van der Waals surface area contributed by atoms with Gasteiger partial charge in [0.25, 0.3) is 5.91 Å². The molecule has 0 aliphatic carbocycles. The van der Waals surface area contributed by atoms with Crippen LogP contribution in [0.25, 0.3) is 5.69 Å². The van der Waals surface area contributed by atoms with Crippen molar-refractivity contribution >= 4 is 5.91 Å². The minimum Gasteiger partial charge on any atom is -0.344 e. The average Bonchev–Trinajstić information content (AvgIpc) is 3.04. The summed E-state index contributed by atoms with van der Waals surface area (Å²) in [6.07, 6.45) is 3.38. The number of rotatable bonds is 6. The molecule has 112 valence electrons. The van der Waals surface area contributed by atoms with Crippen LogP contribution in [0.1, 0.15) is 37.2 Å². The number of amides is 1. The summed E-state index contributed by atoms with van der Waals surface area (Å²) in [7, 11) is 0. The standard InChI is InChI=1S/C16H22N4O/c1-3-16(4-2,12-17)18-15(21)14-10-11-20(19-14)13-8-6-5-7-9-13/h5-11H,3-4,12,17H2,1-2H3,(H,18,21). The van der Waals surface area contributed by atoms with Gasteiger partial charge in [-0.2, -0.15) is 5.10 Å². The molecule has 0 saturated heterocycles. The first-order valence-corrected chi connectivity index (χ1v) is 7.28. The Morgan fingerprint density at radius 3 is 2.48 bits per heavy atom. The van der Waals surface area contributed by atoms with Crippen molar-refractivity contribution in [3.63, 3.8) is 0 Å². The SMILES string of the molecule is CCC(CC)(CN)NC(=O)c1ccn(-c2ccccc2)n1. The van der Waals surface area contributed by atoms with E-state index in [0.717, 1.165) is 18.5 Å². The van der Waals surface area contributed by atoms with Gasteiger partial charge >= 0.3 is 0 Å². The maximum Gasteiger partial charge on any atom is 0.272 e. The molecule has 0 atom stereocenters. The molecular weight excluding hydrogens is 264 g/mol. The van der Waals surface area contributed by atoms with E-state index in [2.05, 4.69) is 10.4 Å². The molecule has 0 bridgehead atoms. The fourth-order valence-electron chi connectivity index (χ4n) is 2.24. The van der Waals surface area contributed by atoms with Crippen LogP contribution in [0.4, 0.5) is 0 Å². The molecular formula is C16H22N4O.